The molecule has 0 saturated heterocycles. The average molecular weight is 407 g/mol. The van der Waals surface area contributed by atoms with Gasteiger partial charge in [0, 0.05) is 6.08 Å². The summed E-state index contributed by atoms with van der Waals surface area (Å²) < 4.78 is 23.7. The number of ether oxygens (including phenoxy) is 2. The number of carbonyl (C=O) groups excluding carboxylic acids is 1. The van der Waals surface area contributed by atoms with E-state index in [4.69, 9.17) is 9.47 Å². The van der Waals surface area contributed by atoms with Crippen LogP contribution in [0, 0.1) is 17.1 Å². The van der Waals surface area contributed by atoms with Gasteiger partial charge in [-0.25, -0.2) is 14.2 Å². The minimum Gasteiger partial charge on any atom is -0.507 e. The molecule has 0 fully saturated rings. The molecule has 0 amide bonds. The number of aliphatic hydroxyl groups is 1. The lowest BCUT2D eigenvalue weighted by molar-refractivity contribution is -0.141. The molecule has 0 radical (unpaired) electrons. The van der Waals surface area contributed by atoms with Gasteiger partial charge in [0.1, 0.15) is 11.6 Å². The number of nitrogens with zero attached hydrogens (tertiary/aromatic N) is 2. The summed E-state index contributed by atoms with van der Waals surface area (Å²) in [5.74, 6) is -1.51. The molecule has 0 aliphatic carbocycles. The standard InChI is InChI=1S/C22H18FN3O4/c1-13(30-20(27)10-8-14-7-9-19(29-2)16(23)11-14)21(28)15(12-24)22-25-17-5-3-4-6-18(17)26-22/h3-11,13,28H,1-2H3,(H,25,26)/b10-8+,21-15-/t13-/m1/s1. The van der Waals surface area contributed by atoms with E-state index in [1.807, 2.05) is 12.1 Å². The van der Waals surface area contributed by atoms with Crippen LogP contribution >= 0.6 is 0 Å². The van der Waals surface area contributed by atoms with Crippen molar-refractivity contribution in [3.05, 3.63) is 71.5 Å². The number of aromatic nitrogens is 2. The third-order valence-electron chi connectivity index (χ3n) is 4.26. The Labute approximate surface area is 171 Å². The van der Waals surface area contributed by atoms with E-state index in [2.05, 4.69) is 9.97 Å². The normalized spacial score (nSPS) is 13.0. The maximum atomic E-state index is 13.7. The Hall–Kier alpha value is -4.12. The number of hydrogen-bond acceptors (Lipinski definition) is 6. The van der Waals surface area contributed by atoms with E-state index < -0.39 is 23.6 Å². The summed E-state index contributed by atoms with van der Waals surface area (Å²) in [4.78, 5) is 19.3. The molecule has 30 heavy (non-hydrogen) atoms. The second-order valence-corrected chi connectivity index (χ2v) is 6.28. The van der Waals surface area contributed by atoms with Crippen molar-refractivity contribution >= 4 is 28.7 Å². The van der Waals surface area contributed by atoms with Crippen molar-refractivity contribution in [3.63, 3.8) is 0 Å². The molecule has 0 bridgehead atoms. The molecule has 0 aliphatic heterocycles. The van der Waals surface area contributed by atoms with E-state index in [0.29, 0.717) is 16.6 Å². The number of halogens is 1. The molecule has 152 valence electrons. The summed E-state index contributed by atoms with van der Waals surface area (Å²) in [7, 11) is 1.35. The molecule has 7 nitrogen and oxygen atoms in total. The Bertz CT molecular complexity index is 1160. The van der Waals surface area contributed by atoms with Crippen molar-refractivity contribution in [3.8, 4) is 11.8 Å². The first-order valence-corrected chi connectivity index (χ1v) is 8.93. The molecule has 1 heterocycles. The molecular weight excluding hydrogens is 389 g/mol. The quantitative estimate of drug-likeness (QED) is 0.275. The van der Waals surface area contributed by atoms with E-state index in [1.54, 1.807) is 24.3 Å². The van der Waals surface area contributed by atoms with Crippen LogP contribution in [-0.4, -0.2) is 34.3 Å². The van der Waals surface area contributed by atoms with Crippen molar-refractivity contribution in [2.75, 3.05) is 7.11 Å². The first kappa shape index (κ1) is 20.6. The highest BCUT2D eigenvalue weighted by molar-refractivity contribution is 5.88. The van der Waals surface area contributed by atoms with Gasteiger partial charge in [0.25, 0.3) is 0 Å². The lowest BCUT2D eigenvalue weighted by Crippen LogP contribution is -2.17. The van der Waals surface area contributed by atoms with Crippen molar-refractivity contribution in [2.24, 2.45) is 0 Å². The third kappa shape index (κ3) is 4.47. The highest BCUT2D eigenvalue weighted by atomic mass is 19.1. The number of fused-ring (bicyclic) bond motifs is 1. The van der Waals surface area contributed by atoms with Gasteiger partial charge in [0.15, 0.2) is 29.3 Å². The summed E-state index contributed by atoms with van der Waals surface area (Å²) in [5, 5.41) is 19.9. The smallest absolute Gasteiger partial charge is 0.331 e. The van der Waals surface area contributed by atoms with Crippen LogP contribution in [0.3, 0.4) is 0 Å². The van der Waals surface area contributed by atoms with Crippen LogP contribution < -0.4 is 4.74 Å². The summed E-state index contributed by atoms with van der Waals surface area (Å²) in [6.07, 6.45) is 1.36. The van der Waals surface area contributed by atoms with E-state index in [0.717, 1.165) is 6.08 Å². The number of aromatic amines is 1. The molecule has 1 atom stereocenters. The average Bonchev–Trinajstić information content (AvgIpc) is 3.16. The maximum Gasteiger partial charge on any atom is 0.331 e. The molecule has 2 N–H and O–H groups in total. The van der Waals surface area contributed by atoms with Gasteiger partial charge in [-0.15, -0.1) is 0 Å². The molecule has 0 saturated carbocycles. The maximum absolute atomic E-state index is 13.7. The first-order chi connectivity index (χ1) is 14.4. The number of carbonyl (C=O) groups is 1. The van der Waals surface area contributed by atoms with Crippen molar-refractivity contribution in [1.82, 2.24) is 9.97 Å². The zero-order valence-electron chi connectivity index (χ0n) is 16.2. The van der Waals surface area contributed by atoms with Crippen LogP contribution in [-0.2, 0) is 9.53 Å². The number of methoxy groups -OCH3 is 1. The van der Waals surface area contributed by atoms with Crippen molar-refractivity contribution in [2.45, 2.75) is 13.0 Å². The number of H-pyrrole nitrogens is 1. The highest BCUT2D eigenvalue weighted by Crippen LogP contribution is 2.22. The molecule has 2 aromatic carbocycles. The van der Waals surface area contributed by atoms with Gasteiger partial charge in [0.2, 0.25) is 0 Å². The number of imidazole rings is 1. The highest BCUT2D eigenvalue weighted by Gasteiger charge is 2.20. The Kier molecular flexibility index (Phi) is 6.13. The topological polar surface area (TPSA) is 108 Å². The van der Waals surface area contributed by atoms with Gasteiger partial charge in [0.05, 0.1) is 18.1 Å². The van der Waals surface area contributed by atoms with Crippen molar-refractivity contribution < 1.29 is 23.8 Å². The second kappa shape index (κ2) is 8.92. The largest absolute Gasteiger partial charge is 0.507 e. The van der Waals surface area contributed by atoms with Crippen LogP contribution in [0.25, 0.3) is 22.7 Å². The zero-order valence-corrected chi connectivity index (χ0v) is 16.2. The van der Waals surface area contributed by atoms with Gasteiger partial charge in [-0.1, -0.05) is 18.2 Å². The van der Waals surface area contributed by atoms with Crippen LogP contribution in [0.15, 0.2) is 54.3 Å². The molecule has 3 rings (SSSR count). The number of esters is 1. The van der Waals surface area contributed by atoms with Gasteiger partial charge in [-0.3, -0.25) is 0 Å². The Morgan fingerprint density at radius 3 is 2.77 bits per heavy atom. The monoisotopic (exact) mass is 407 g/mol. The molecule has 8 heteroatoms. The molecule has 0 unspecified atom stereocenters. The van der Waals surface area contributed by atoms with Crippen LogP contribution in [0.4, 0.5) is 4.39 Å². The van der Waals surface area contributed by atoms with Gasteiger partial charge >= 0.3 is 5.97 Å². The van der Waals surface area contributed by atoms with Gasteiger partial charge < -0.3 is 19.6 Å². The molecule has 1 aromatic heterocycles. The Morgan fingerprint density at radius 1 is 1.33 bits per heavy atom. The summed E-state index contributed by atoms with van der Waals surface area (Å²) in [6.45, 7) is 1.42. The molecular formula is C22H18FN3O4. The van der Waals surface area contributed by atoms with E-state index in [9.17, 15) is 19.6 Å². The van der Waals surface area contributed by atoms with Gasteiger partial charge in [-0.05, 0) is 42.8 Å². The number of benzene rings is 2. The zero-order chi connectivity index (χ0) is 21.7. The van der Waals surface area contributed by atoms with E-state index in [1.165, 1.54) is 32.2 Å². The summed E-state index contributed by atoms with van der Waals surface area (Å²) in [5.41, 5.74) is 1.63. The SMILES string of the molecule is COc1ccc(/C=C/C(=O)O[C@H](C)/C(O)=C(\C#N)c2nc3ccccc3[nH]2)cc1F. The number of para-hydroxylation sites is 2. The first-order valence-electron chi connectivity index (χ1n) is 8.93. The molecule has 0 aliphatic rings. The number of hydrogen-bond donors (Lipinski definition) is 2. The molecule has 3 aromatic rings. The van der Waals surface area contributed by atoms with Crippen LogP contribution in [0.1, 0.15) is 18.3 Å². The lowest BCUT2D eigenvalue weighted by atomic mass is 10.1. The summed E-state index contributed by atoms with van der Waals surface area (Å²) >= 11 is 0. The number of nitriles is 1. The number of allylic oxidation sites excluding steroid dienone is 1. The minimum atomic E-state index is -1.10. The molecule has 0 spiro atoms. The number of rotatable bonds is 6. The van der Waals surface area contributed by atoms with E-state index in [-0.39, 0.29) is 17.1 Å². The van der Waals surface area contributed by atoms with Crippen LogP contribution in [0.5, 0.6) is 5.75 Å². The fourth-order valence-corrected chi connectivity index (χ4v) is 2.73. The number of aliphatic hydroxyl groups excluding tert-OH is 1. The minimum absolute atomic E-state index is 0.0908. The predicted octanol–water partition coefficient (Wildman–Crippen LogP) is 4.15. The van der Waals surface area contributed by atoms with E-state index >= 15 is 0 Å². The Morgan fingerprint density at radius 2 is 2.10 bits per heavy atom. The number of nitrogens with one attached hydrogen (secondary N) is 1. The lowest BCUT2D eigenvalue weighted by Gasteiger charge is -2.12. The Balaban J connectivity index is 1.74. The fraction of sp³-hybridized carbons (Fsp3) is 0.136. The fourth-order valence-electron chi connectivity index (χ4n) is 2.73. The van der Waals surface area contributed by atoms with Crippen LogP contribution in [0.2, 0.25) is 0 Å². The third-order valence-corrected chi connectivity index (χ3v) is 4.26. The summed E-state index contributed by atoms with van der Waals surface area (Å²) in [6, 6.07) is 13.3. The van der Waals surface area contributed by atoms with Gasteiger partial charge in [-0.2, -0.15) is 5.26 Å². The predicted molar refractivity (Wildman–Crippen MR) is 109 cm³/mol. The second-order valence-electron chi connectivity index (χ2n) is 6.28. The van der Waals surface area contributed by atoms with Crippen molar-refractivity contribution in [1.29, 1.82) is 5.26 Å².